The van der Waals surface area contributed by atoms with Crippen LogP contribution in [-0.2, 0) is 0 Å². The van der Waals surface area contributed by atoms with Crippen LogP contribution in [0.1, 0.15) is 15.9 Å². The van der Waals surface area contributed by atoms with Gasteiger partial charge in [0.2, 0.25) is 0 Å². The summed E-state index contributed by atoms with van der Waals surface area (Å²) in [7, 11) is 1.50. The number of hydrogen-bond donors (Lipinski definition) is 2. The van der Waals surface area contributed by atoms with Crippen molar-refractivity contribution < 1.29 is 19.1 Å². The summed E-state index contributed by atoms with van der Waals surface area (Å²) in [5.41, 5.74) is 4.27. The molecule has 0 aliphatic carbocycles. The first-order valence-electron chi connectivity index (χ1n) is 9.39. The average Bonchev–Trinajstić information content (AvgIpc) is 2.80. The Morgan fingerprint density at radius 3 is 2.58 bits per heavy atom. The molecule has 3 aromatic carbocycles. The Balaban J connectivity index is 1.48. The van der Waals surface area contributed by atoms with Gasteiger partial charge in [-0.05, 0) is 36.4 Å². The topological polar surface area (TPSA) is 101 Å². The number of carbonyl (C=O) groups is 1. The van der Waals surface area contributed by atoms with Gasteiger partial charge in [-0.15, -0.1) is 0 Å². The van der Waals surface area contributed by atoms with Crippen LogP contribution in [-0.4, -0.2) is 24.3 Å². The van der Waals surface area contributed by atoms with Gasteiger partial charge >= 0.3 is 0 Å². The fourth-order valence-electron chi connectivity index (χ4n) is 3.02. The molecule has 1 amide bonds. The van der Waals surface area contributed by atoms with Crippen molar-refractivity contribution in [1.82, 2.24) is 5.43 Å². The number of para-hydroxylation sites is 1. The number of ether oxygens (including phenoxy) is 1. The number of nitrogens with one attached hydrogen (secondary N) is 1. The van der Waals surface area contributed by atoms with Crippen molar-refractivity contribution in [2.45, 2.75) is 0 Å². The van der Waals surface area contributed by atoms with E-state index in [2.05, 4.69) is 10.5 Å². The lowest BCUT2D eigenvalue weighted by molar-refractivity contribution is 0.0955. The van der Waals surface area contributed by atoms with Crippen LogP contribution in [0.3, 0.4) is 0 Å². The quantitative estimate of drug-likeness (QED) is 0.381. The number of hydrazone groups is 1. The van der Waals surface area contributed by atoms with Gasteiger partial charge in [-0.3, -0.25) is 9.59 Å². The number of carbonyl (C=O) groups excluding carboxylic acids is 1. The van der Waals surface area contributed by atoms with Crippen molar-refractivity contribution in [3.8, 4) is 22.8 Å². The molecule has 0 radical (unpaired) electrons. The molecule has 0 aliphatic rings. The first kappa shape index (κ1) is 19.9. The summed E-state index contributed by atoms with van der Waals surface area (Å²) in [4.78, 5) is 24.6. The zero-order valence-corrected chi connectivity index (χ0v) is 16.5. The Morgan fingerprint density at radius 1 is 1.06 bits per heavy atom. The maximum Gasteiger partial charge on any atom is 0.271 e. The maximum absolute atomic E-state index is 12.3. The number of hydrogen-bond acceptors (Lipinski definition) is 6. The summed E-state index contributed by atoms with van der Waals surface area (Å²) in [6.07, 6.45) is 1.34. The Kier molecular flexibility index (Phi) is 5.49. The Morgan fingerprint density at radius 2 is 1.84 bits per heavy atom. The van der Waals surface area contributed by atoms with Gasteiger partial charge in [0, 0.05) is 28.8 Å². The number of nitrogens with zero attached hydrogens (tertiary/aromatic N) is 1. The van der Waals surface area contributed by atoms with Gasteiger partial charge in [0.1, 0.15) is 22.8 Å². The van der Waals surface area contributed by atoms with Crippen LogP contribution in [0.2, 0.25) is 0 Å². The zero-order valence-electron chi connectivity index (χ0n) is 16.5. The van der Waals surface area contributed by atoms with Gasteiger partial charge < -0.3 is 14.3 Å². The molecule has 0 bridgehead atoms. The minimum atomic E-state index is -0.421. The molecule has 0 saturated carbocycles. The van der Waals surface area contributed by atoms with Crippen LogP contribution in [0, 0.1) is 0 Å². The second-order valence-corrected chi connectivity index (χ2v) is 6.67. The smallest absolute Gasteiger partial charge is 0.271 e. The van der Waals surface area contributed by atoms with Crippen molar-refractivity contribution in [3.05, 3.63) is 94.1 Å². The van der Waals surface area contributed by atoms with Gasteiger partial charge in [0.05, 0.1) is 18.7 Å². The van der Waals surface area contributed by atoms with Gasteiger partial charge in [0.25, 0.3) is 5.91 Å². The number of fused-ring (bicyclic) bond motifs is 1. The molecular weight excluding hydrogens is 396 g/mol. The number of rotatable bonds is 5. The molecule has 4 rings (SSSR count). The predicted octanol–water partition coefficient (Wildman–Crippen LogP) is 3.94. The molecule has 0 saturated heterocycles. The number of amides is 1. The first-order valence-corrected chi connectivity index (χ1v) is 9.39. The third-order valence-corrected chi connectivity index (χ3v) is 4.67. The van der Waals surface area contributed by atoms with Gasteiger partial charge in [-0.1, -0.05) is 24.3 Å². The Bertz CT molecular complexity index is 1340. The van der Waals surface area contributed by atoms with E-state index < -0.39 is 5.91 Å². The van der Waals surface area contributed by atoms with E-state index in [1.54, 1.807) is 60.7 Å². The van der Waals surface area contributed by atoms with Crippen molar-refractivity contribution in [3.63, 3.8) is 0 Å². The maximum atomic E-state index is 12.3. The molecule has 31 heavy (non-hydrogen) atoms. The van der Waals surface area contributed by atoms with Gasteiger partial charge in [-0.2, -0.15) is 5.10 Å². The average molecular weight is 414 g/mol. The summed E-state index contributed by atoms with van der Waals surface area (Å²) in [5.74, 6) is 0.499. The second kappa shape index (κ2) is 8.54. The molecule has 7 nitrogen and oxygen atoms in total. The lowest BCUT2D eigenvalue weighted by atomic mass is 10.1. The number of methoxy groups -OCH3 is 1. The van der Waals surface area contributed by atoms with Gasteiger partial charge in [0.15, 0.2) is 5.43 Å². The standard InChI is InChI=1S/C24H18N2O5/c1-30-18-11-10-17(20(27)12-18)14-25-26-24(29)16-8-6-15(7-9-16)23-13-21(28)19-4-2-3-5-22(19)31-23/h2-14,27H,1H3,(H,26,29)/b25-14+. The molecule has 0 aliphatic heterocycles. The van der Waals surface area contributed by atoms with Crippen LogP contribution < -0.4 is 15.6 Å². The number of phenolic OH excluding ortho intramolecular Hbond substituents is 1. The van der Waals surface area contributed by atoms with Crippen LogP contribution in [0.25, 0.3) is 22.3 Å². The molecule has 7 heteroatoms. The molecule has 1 heterocycles. The minimum absolute atomic E-state index is 0.0152. The molecule has 0 unspecified atom stereocenters. The summed E-state index contributed by atoms with van der Waals surface area (Å²) in [6, 6.07) is 19.8. The van der Waals surface area contributed by atoms with Crippen molar-refractivity contribution in [2.75, 3.05) is 7.11 Å². The van der Waals surface area contributed by atoms with E-state index in [0.717, 1.165) is 0 Å². The lowest BCUT2D eigenvalue weighted by Gasteiger charge is -2.05. The first-order chi connectivity index (χ1) is 15.0. The van der Waals surface area contributed by atoms with Crippen LogP contribution >= 0.6 is 0 Å². The molecule has 1 aromatic heterocycles. The van der Waals surface area contributed by atoms with E-state index in [4.69, 9.17) is 9.15 Å². The molecule has 0 spiro atoms. The summed E-state index contributed by atoms with van der Waals surface area (Å²) < 4.78 is 10.8. The fraction of sp³-hybridized carbons (Fsp3) is 0.0417. The highest BCUT2D eigenvalue weighted by Gasteiger charge is 2.09. The highest BCUT2D eigenvalue weighted by atomic mass is 16.5. The molecule has 154 valence electrons. The molecule has 2 N–H and O–H groups in total. The van der Waals surface area contributed by atoms with E-state index in [-0.39, 0.29) is 11.2 Å². The highest BCUT2D eigenvalue weighted by molar-refractivity contribution is 5.95. The third kappa shape index (κ3) is 4.30. The third-order valence-electron chi connectivity index (χ3n) is 4.67. The van der Waals surface area contributed by atoms with E-state index in [0.29, 0.717) is 39.2 Å². The zero-order chi connectivity index (χ0) is 21.8. The van der Waals surface area contributed by atoms with E-state index in [1.165, 1.54) is 25.5 Å². The lowest BCUT2D eigenvalue weighted by Crippen LogP contribution is -2.17. The number of phenols is 1. The summed E-state index contributed by atoms with van der Waals surface area (Å²) >= 11 is 0. The molecule has 0 fully saturated rings. The van der Waals surface area contributed by atoms with Crippen LogP contribution in [0.15, 0.2) is 87.1 Å². The largest absolute Gasteiger partial charge is 0.507 e. The predicted molar refractivity (Wildman–Crippen MR) is 118 cm³/mol. The molecular formula is C24H18N2O5. The number of aromatic hydroxyl groups is 1. The Hall–Kier alpha value is -4.39. The van der Waals surface area contributed by atoms with E-state index >= 15 is 0 Å². The minimum Gasteiger partial charge on any atom is -0.507 e. The van der Waals surface area contributed by atoms with Gasteiger partial charge in [-0.25, -0.2) is 5.43 Å². The van der Waals surface area contributed by atoms with Crippen molar-refractivity contribution in [2.24, 2.45) is 5.10 Å². The highest BCUT2D eigenvalue weighted by Crippen LogP contribution is 2.23. The second-order valence-electron chi connectivity index (χ2n) is 6.67. The van der Waals surface area contributed by atoms with E-state index in [1.807, 2.05) is 0 Å². The van der Waals surface area contributed by atoms with E-state index in [9.17, 15) is 14.7 Å². The van der Waals surface area contributed by atoms with Crippen LogP contribution in [0.5, 0.6) is 11.5 Å². The monoisotopic (exact) mass is 414 g/mol. The van der Waals surface area contributed by atoms with Crippen LogP contribution in [0.4, 0.5) is 0 Å². The summed E-state index contributed by atoms with van der Waals surface area (Å²) in [5, 5.41) is 14.3. The molecule has 0 atom stereocenters. The number of benzene rings is 3. The van der Waals surface area contributed by atoms with Crippen molar-refractivity contribution in [1.29, 1.82) is 0 Å². The van der Waals surface area contributed by atoms with Crippen molar-refractivity contribution >= 4 is 23.1 Å². The normalized spacial score (nSPS) is 11.0. The fourth-order valence-corrected chi connectivity index (χ4v) is 3.02. The Labute approximate surface area is 177 Å². The SMILES string of the molecule is COc1ccc(/C=N/NC(=O)c2ccc(-c3cc(=O)c4ccccc4o3)cc2)c(O)c1. The summed E-state index contributed by atoms with van der Waals surface area (Å²) in [6.45, 7) is 0. The molecule has 4 aromatic rings.